The summed E-state index contributed by atoms with van der Waals surface area (Å²) in [5.74, 6) is -0.871. The first kappa shape index (κ1) is 13.4. The maximum absolute atomic E-state index is 11.4. The van der Waals surface area contributed by atoms with Crippen molar-refractivity contribution in [3.05, 3.63) is 0 Å². The van der Waals surface area contributed by atoms with Gasteiger partial charge < -0.3 is 10.2 Å². The molecular weight excluding hydrogens is 234 g/mol. The first-order valence-electron chi connectivity index (χ1n) is 5.12. The van der Waals surface area contributed by atoms with Gasteiger partial charge in [0.25, 0.3) is 0 Å². The van der Waals surface area contributed by atoms with Crippen molar-refractivity contribution >= 4 is 16.0 Å². The second-order valence-electron chi connectivity index (χ2n) is 4.61. The second-order valence-corrected chi connectivity index (χ2v) is 6.46. The highest BCUT2D eigenvalue weighted by Gasteiger charge is 2.30. The largest absolute Gasteiger partial charge is 0.481 e. The van der Waals surface area contributed by atoms with E-state index in [0.717, 1.165) is 12.8 Å². The van der Waals surface area contributed by atoms with Gasteiger partial charge in [0, 0.05) is 6.54 Å². The van der Waals surface area contributed by atoms with Crippen LogP contribution in [0.4, 0.5) is 0 Å². The molecule has 0 aromatic carbocycles. The topological polar surface area (TPSA) is 104 Å². The van der Waals surface area contributed by atoms with Gasteiger partial charge in [-0.3, -0.25) is 4.79 Å². The van der Waals surface area contributed by atoms with Crippen molar-refractivity contribution in [2.24, 2.45) is 5.92 Å². The molecule has 7 heteroatoms. The molecule has 0 saturated heterocycles. The highest BCUT2D eigenvalue weighted by Crippen LogP contribution is 2.29. The van der Waals surface area contributed by atoms with Gasteiger partial charge in [0.15, 0.2) is 0 Å². The van der Waals surface area contributed by atoms with Gasteiger partial charge in [0.2, 0.25) is 10.0 Å². The van der Waals surface area contributed by atoms with Crippen LogP contribution in [0.25, 0.3) is 0 Å². The van der Waals surface area contributed by atoms with Crippen LogP contribution in [-0.4, -0.2) is 42.5 Å². The molecule has 1 saturated carbocycles. The number of rotatable bonds is 7. The molecule has 3 N–H and O–H groups in total. The molecular formula is C9H17NO5S. The number of hydrogen-bond acceptors (Lipinski definition) is 4. The highest BCUT2D eigenvalue weighted by atomic mass is 32.2. The van der Waals surface area contributed by atoms with Crippen LogP contribution in [0.3, 0.4) is 0 Å². The molecule has 0 radical (unpaired) electrons. The normalized spacial score (nSPS) is 20.4. The molecule has 0 spiro atoms. The maximum atomic E-state index is 11.4. The monoisotopic (exact) mass is 251 g/mol. The summed E-state index contributed by atoms with van der Waals surface area (Å²) in [6, 6.07) is 0. The fraction of sp³-hybridized carbons (Fsp3) is 0.889. The Bertz CT molecular complexity index is 358. The standard InChI is InChI=1S/C9H17NO5S/c1-9(13,4-8(11)12)6-10-16(14,15)5-7-2-3-7/h7,10,13H,2-6H2,1H3,(H,11,12). The van der Waals surface area contributed by atoms with Crippen LogP contribution in [0.15, 0.2) is 0 Å². The number of carbonyl (C=O) groups is 1. The number of carboxylic acids is 1. The van der Waals surface area contributed by atoms with E-state index in [4.69, 9.17) is 5.11 Å². The minimum absolute atomic E-state index is 0.0656. The van der Waals surface area contributed by atoms with Gasteiger partial charge in [-0.15, -0.1) is 0 Å². The fourth-order valence-corrected chi connectivity index (χ4v) is 2.91. The summed E-state index contributed by atoms with van der Waals surface area (Å²) in [5, 5.41) is 18.1. The molecule has 16 heavy (non-hydrogen) atoms. The Hall–Kier alpha value is -0.660. The summed E-state index contributed by atoms with van der Waals surface area (Å²) in [6.07, 6.45) is 1.36. The fourth-order valence-electron chi connectivity index (χ4n) is 1.31. The molecule has 0 bridgehead atoms. The molecule has 0 aliphatic heterocycles. The van der Waals surface area contributed by atoms with Crippen molar-refractivity contribution < 1.29 is 23.4 Å². The number of aliphatic carboxylic acids is 1. The third kappa shape index (κ3) is 5.43. The Morgan fingerprint density at radius 2 is 2.06 bits per heavy atom. The maximum Gasteiger partial charge on any atom is 0.306 e. The molecule has 1 rings (SSSR count). The van der Waals surface area contributed by atoms with Gasteiger partial charge in [0.1, 0.15) is 0 Å². The minimum Gasteiger partial charge on any atom is -0.481 e. The van der Waals surface area contributed by atoms with Crippen molar-refractivity contribution in [2.75, 3.05) is 12.3 Å². The molecule has 94 valence electrons. The SMILES string of the molecule is CC(O)(CNS(=O)(=O)CC1CC1)CC(=O)O. The quantitative estimate of drug-likeness (QED) is 0.568. The zero-order valence-electron chi connectivity index (χ0n) is 9.14. The van der Waals surface area contributed by atoms with Crippen LogP contribution in [-0.2, 0) is 14.8 Å². The third-order valence-corrected chi connectivity index (χ3v) is 3.85. The first-order chi connectivity index (χ1) is 7.20. The molecule has 1 aliphatic rings. The Morgan fingerprint density at radius 3 is 2.50 bits per heavy atom. The molecule has 0 aromatic heterocycles. The van der Waals surface area contributed by atoms with Crippen LogP contribution >= 0.6 is 0 Å². The van der Waals surface area contributed by atoms with Crippen molar-refractivity contribution in [1.29, 1.82) is 0 Å². The molecule has 6 nitrogen and oxygen atoms in total. The molecule has 1 fully saturated rings. The Kier molecular flexibility index (Phi) is 3.92. The number of aliphatic hydroxyl groups is 1. The number of carboxylic acid groups (broad SMARTS) is 1. The summed E-state index contributed by atoms with van der Waals surface area (Å²) < 4.78 is 25.1. The summed E-state index contributed by atoms with van der Waals surface area (Å²) in [6.45, 7) is 1.02. The van der Waals surface area contributed by atoms with Crippen molar-refractivity contribution in [2.45, 2.75) is 31.8 Å². The summed E-state index contributed by atoms with van der Waals surface area (Å²) >= 11 is 0. The van der Waals surface area contributed by atoms with Crippen LogP contribution < -0.4 is 4.72 Å². The van der Waals surface area contributed by atoms with Gasteiger partial charge in [-0.1, -0.05) is 0 Å². The van der Waals surface area contributed by atoms with E-state index in [1.165, 1.54) is 6.92 Å². The lowest BCUT2D eigenvalue weighted by molar-refractivity contribution is -0.141. The zero-order chi connectivity index (χ0) is 12.4. The van der Waals surface area contributed by atoms with Crippen molar-refractivity contribution in [1.82, 2.24) is 4.72 Å². The van der Waals surface area contributed by atoms with Crippen molar-refractivity contribution in [3.8, 4) is 0 Å². The lowest BCUT2D eigenvalue weighted by Gasteiger charge is -2.21. The second kappa shape index (κ2) is 4.68. The Labute approximate surface area is 94.7 Å². The number of nitrogens with one attached hydrogen (secondary N) is 1. The van der Waals surface area contributed by atoms with Gasteiger partial charge in [-0.25, -0.2) is 13.1 Å². The summed E-state index contributed by atoms with van der Waals surface area (Å²) in [5.41, 5.74) is -1.55. The van der Waals surface area contributed by atoms with Gasteiger partial charge in [-0.2, -0.15) is 0 Å². The van der Waals surface area contributed by atoms with E-state index < -0.39 is 28.0 Å². The number of sulfonamides is 1. The minimum atomic E-state index is -3.39. The van der Waals surface area contributed by atoms with Crippen LogP contribution in [0.2, 0.25) is 0 Å². The van der Waals surface area contributed by atoms with Crippen molar-refractivity contribution in [3.63, 3.8) is 0 Å². The van der Waals surface area contributed by atoms with E-state index in [1.54, 1.807) is 0 Å². The smallest absolute Gasteiger partial charge is 0.306 e. The molecule has 0 amide bonds. The zero-order valence-corrected chi connectivity index (χ0v) is 9.96. The Balaban J connectivity index is 2.39. The van der Waals surface area contributed by atoms with Crippen LogP contribution in [0, 0.1) is 5.92 Å². The van der Waals surface area contributed by atoms with Gasteiger partial charge >= 0.3 is 5.97 Å². The van der Waals surface area contributed by atoms with E-state index in [9.17, 15) is 18.3 Å². The third-order valence-electron chi connectivity index (χ3n) is 2.36. The van der Waals surface area contributed by atoms with E-state index in [1.807, 2.05) is 0 Å². The summed E-state index contributed by atoms with van der Waals surface area (Å²) in [7, 11) is -3.39. The van der Waals surface area contributed by atoms with Crippen LogP contribution in [0.1, 0.15) is 26.2 Å². The van der Waals surface area contributed by atoms with E-state index >= 15 is 0 Å². The lowest BCUT2D eigenvalue weighted by atomic mass is 10.0. The Morgan fingerprint density at radius 1 is 1.50 bits per heavy atom. The molecule has 0 aromatic rings. The predicted molar refractivity (Wildman–Crippen MR) is 57.4 cm³/mol. The van der Waals surface area contributed by atoms with Gasteiger partial charge in [0.05, 0.1) is 17.8 Å². The van der Waals surface area contributed by atoms with E-state index in [0.29, 0.717) is 0 Å². The van der Waals surface area contributed by atoms with E-state index in [2.05, 4.69) is 4.72 Å². The molecule has 0 heterocycles. The lowest BCUT2D eigenvalue weighted by Crippen LogP contribution is -2.42. The van der Waals surface area contributed by atoms with Gasteiger partial charge in [-0.05, 0) is 25.7 Å². The first-order valence-corrected chi connectivity index (χ1v) is 6.77. The molecule has 1 aliphatic carbocycles. The molecule has 1 atom stereocenters. The number of hydrogen-bond donors (Lipinski definition) is 3. The molecule has 1 unspecified atom stereocenters. The average Bonchev–Trinajstić information content (AvgIpc) is 2.82. The highest BCUT2D eigenvalue weighted by molar-refractivity contribution is 7.89. The average molecular weight is 251 g/mol. The van der Waals surface area contributed by atoms with Crippen LogP contribution in [0.5, 0.6) is 0 Å². The summed E-state index contributed by atoms with van der Waals surface area (Å²) in [4.78, 5) is 10.4. The predicted octanol–water partition coefficient (Wildman–Crippen LogP) is -0.458. The van der Waals surface area contributed by atoms with E-state index in [-0.39, 0.29) is 18.2 Å².